The lowest BCUT2D eigenvalue weighted by molar-refractivity contribution is -0.190. The van der Waals surface area contributed by atoms with Crippen molar-refractivity contribution < 1.29 is 24.2 Å². The van der Waals surface area contributed by atoms with Crippen LogP contribution in [-0.2, 0) is 19.1 Å². The molecule has 5 heteroatoms. The van der Waals surface area contributed by atoms with Gasteiger partial charge < -0.3 is 14.6 Å². The second-order valence-corrected chi connectivity index (χ2v) is 10.9. The van der Waals surface area contributed by atoms with Gasteiger partial charge in [-0.3, -0.25) is 9.59 Å². The van der Waals surface area contributed by atoms with E-state index in [-0.39, 0.29) is 40.4 Å². The van der Waals surface area contributed by atoms with Crippen LogP contribution in [0.4, 0.5) is 0 Å². The Balaban J connectivity index is 1.51. The maximum Gasteiger partial charge on any atom is 0.303 e. The number of ketones is 1. The predicted molar refractivity (Wildman–Crippen MR) is 102 cm³/mol. The van der Waals surface area contributed by atoms with E-state index in [1.165, 1.54) is 6.92 Å². The predicted octanol–water partition coefficient (Wildman–Crippen LogP) is 3.41. The topological polar surface area (TPSA) is 76.1 Å². The Kier molecular flexibility index (Phi) is 3.81. The quantitative estimate of drug-likeness (QED) is 0.578. The number of ether oxygens (including phenoxy) is 2. The zero-order valence-corrected chi connectivity index (χ0v) is 17.6. The molecule has 0 bridgehead atoms. The first-order valence-electron chi connectivity index (χ1n) is 11.2. The lowest BCUT2D eigenvalue weighted by atomic mass is 9.44. The molecule has 5 aliphatic rings. The molecule has 5 rings (SSSR count). The smallest absolute Gasteiger partial charge is 0.303 e. The summed E-state index contributed by atoms with van der Waals surface area (Å²) in [6.45, 7) is 7.63. The van der Waals surface area contributed by atoms with Crippen LogP contribution in [0.1, 0.15) is 79.1 Å². The van der Waals surface area contributed by atoms with Crippen LogP contribution >= 0.6 is 0 Å². The lowest BCUT2D eigenvalue weighted by Crippen LogP contribution is -2.61. The van der Waals surface area contributed by atoms with Crippen molar-refractivity contribution in [3.8, 4) is 0 Å². The van der Waals surface area contributed by atoms with Crippen molar-refractivity contribution in [1.29, 1.82) is 0 Å². The number of fused-ring (bicyclic) bond motifs is 4. The van der Waals surface area contributed by atoms with Gasteiger partial charge in [0.2, 0.25) is 0 Å². The van der Waals surface area contributed by atoms with Crippen LogP contribution in [-0.4, -0.2) is 40.3 Å². The molecule has 5 fully saturated rings. The molecule has 1 spiro atoms. The monoisotopic (exact) mass is 390 g/mol. The SMILES string of the molecule is CC(=O)O[C@@]1(C(C)=O)CC[C@H]2[C@@H]3C[C@@H]4O[C@@]45C[C@@H](O)CC[C@]5(C)[C@H]3CC[C@@]21C. The van der Waals surface area contributed by atoms with Gasteiger partial charge in [-0.1, -0.05) is 13.8 Å². The van der Waals surface area contributed by atoms with E-state index in [0.29, 0.717) is 24.2 Å². The fourth-order valence-electron chi connectivity index (χ4n) is 8.72. The van der Waals surface area contributed by atoms with Crippen molar-refractivity contribution in [3.63, 3.8) is 0 Å². The summed E-state index contributed by atoms with van der Waals surface area (Å²) in [5.74, 6) is 1.13. The molecule has 0 aromatic carbocycles. The van der Waals surface area contributed by atoms with Gasteiger partial charge in [0, 0.05) is 24.2 Å². The van der Waals surface area contributed by atoms with Crippen molar-refractivity contribution in [2.75, 3.05) is 0 Å². The van der Waals surface area contributed by atoms with Gasteiger partial charge in [0.1, 0.15) is 5.60 Å². The highest BCUT2D eigenvalue weighted by molar-refractivity contribution is 5.89. The number of aliphatic hydroxyl groups is 1. The van der Waals surface area contributed by atoms with E-state index < -0.39 is 5.60 Å². The summed E-state index contributed by atoms with van der Waals surface area (Å²) in [5.41, 5.74) is -1.25. The summed E-state index contributed by atoms with van der Waals surface area (Å²) in [7, 11) is 0. The summed E-state index contributed by atoms with van der Waals surface area (Å²) in [4.78, 5) is 24.7. The fraction of sp³-hybridized carbons (Fsp3) is 0.913. The first-order valence-corrected chi connectivity index (χ1v) is 11.2. The molecule has 0 unspecified atom stereocenters. The molecule has 9 atom stereocenters. The molecule has 1 saturated heterocycles. The number of Topliss-reactive ketones (excluding diaryl/α,β-unsaturated/α-hetero) is 1. The summed E-state index contributed by atoms with van der Waals surface area (Å²) >= 11 is 0. The minimum absolute atomic E-state index is 0.00554. The second kappa shape index (κ2) is 5.60. The molecule has 1 N–H and O–H groups in total. The van der Waals surface area contributed by atoms with Crippen LogP contribution in [0, 0.1) is 28.6 Å². The Morgan fingerprint density at radius 3 is 2.32 bits per heavy atom. The Hall–Kier alpha value is -0.940. The van der Waals surface area contributed by atoms with E-state index in [0.717, 1.165) is 44.9 Å². The highest BCUT2D eigenvalue weighted by Crippen LogP contribution is 2.74. The second-order valence-electron chi connectivity index (χ2n) is 10.9. The lowest BCUT2D eigenvalue weighted by Gasteiger charge is -2.60. The molecule has 28 heavy (non-hydrogen) atoms. The molecular formula is C23H34O5. The van der Waals surface area contributed by atoms with Crippen LogP contribution in [0.3, 0.4) is 0 Å². The first-order chi connectivity index (χ1) is 13.1. The van der Waals surface area contributed by atoms with Gasteiger partial charge >= 0.3 is 5.97 Å². The number of hydrogen-bond donors (Lipinski definition) is 1. The fourth-order valence-corrected chi connectivity index (χ4v) is 8.72. The van der Waals surface area contributed by atoms with Crippen LogP contribution in [0.15, 0.2) is 0 Å². The van der Waals surface area contributed by atoms with Gasteiger partial charge in [-0.2, -0.15) is 0 Å². The first kappa shape index (κ1) is 19.0. The average Bonchev–Trinajstić information content (AvgIpc) is 3.21. The summed E-state index contributed by atoms with van der Waals surface area (Å²) in [6, 6.07) is 0. The minimum atomic E-state index is -0.961. The van der Waals surface area contributed by atoms with Gasteiger partial charge in [-0.25, -0.2) is 0 Å². The van der Waals surface area contributed by atoms with Crippen molar-refractivity contribution in [3.05, 3.63) is 0 Å². The zero-order chi connectivity index (χ0) is 20.1. The molecule has 1 aliphatic heterocycles. The number of aliphatic hydroxyl groups excluding tert-OH is 1. The molecule has 0 radical (unpaired) electrons. The van der Waals surface area contributed by atoms with Gasteiger partial charge in [0.15, 0.2) is 11.4 Å². The van der Waals surface area contributed by atoms with Gasteiger partial charge in [0.05, 0.1) is 12.2 Å². The van der Waals surface area contributed by atoms with Crippen molar-refractivity contribution in [2.45, 2.75) is 102 Å². The molecule has 0 aromatic heterocycles. The number of esters is 1. The van der Waals surface area contributed by atoms with E-state index in [2.05, 4.69) is 13.8 Å². The number of carbonyl (C=O) groups is 2. The molecular weight excluding hydrogens is 356 g/mol. The van der Waals surface area contributed by atoms with Crippen molar-refractivity contribution >= 4 is 11.8 Å². The maximum atomic E-state index is 12.8. The molecule has 4 saturated carbocycles. The number of epoxide rings is 1. The van der Waals surface area contributed by atoms with Crippen molar-refractivity contribution in [1.82, 2.24) is 0 Å². The average molecular weight is 391 g/mol. The standard InChI is InChI=1S/C23H34O5/c1-13(24)22(27-14(2)25)10-7-18-16-11-19-23(28-19)12-15(26)5-8-21(23,4)17(16)6-9-20(18,22)3/h15-19,26H,5-12H2,1-4H3/t15-,16+,17-,18-,19-,20-,21+,22+,23-/m0/s1. The third-order valence-corrected chi connectivity index (χ3v) is 10.1. The molecule has 5 nitrogen and oxygen atoms in total. The molecule has 0 amide bonds. The third kappa shape index (κ3) is 2.05. The Labute approximate surface area is 167 Å². The highest BCUT2D eigenvalue weighted by atomic mass is 16.6. The third-order valence-electron chi connectivity index (χ3n) is 10.1. The summed E-state index contributed by atoms with van der Waals surface area (Å²) in [6.07, 6.45) is 7.29. The van der Waals surface area contributed by atoms with Crippen molar-refractivity contribution in [2.24, 2.45) is 28.6 Å². The number of rotatable bonds is 2. The van der Waals surface area contributed by atoms with Gasteiger partial charge in [-0.05, 0) is 69.6 Å². The number of carbonyl (C=O) groups excluding carboxylic acids is 2. The van der Waals surface area contributed by atoms with E-state index >= 15 is 0 Å². The molecule has 4 aliphatic carbocycles. The van der Waals surface area contributed by atoms with E-state index in [1.807, 2.05) is 0 Å². The number of hydrogen-bond acceptors (Lipinski definition) is 5. The molecule has 0 aromatic rings. The van der Waals surface area contributed by atoms with Crippen LogP contribution < -0.4 is 0 Å². The maximum absolute atomic E-state index is 12.8. The van der Waals surface area contributed by atoms with E-state index in [9.17, 15) is 14.7 Å². The Bertz CT molecular complexity index is 735. The van der Waals surface area contributed by atoms with Gasteiger partial charge in [0.25, 0.3) is 0 Å². The highest BCUT2D eigenvalue weighted by Gasteiger charge is 2.77. The van der Waals surface area contributed by atoms with Crippen LogP contribution in [0.25, 0.3) is 0 Å². The van der Waals surface area contributed by atoms with E-state index in [1.54, 1.807) is 6.92 Å². The normalized spacial score (nSPS) is 56.7. The molecule has 156 valence electrons. The Morgan fingerprint density at radius 2 is 1.64 bits per heavy atom. The zero-order valence-electron chi connectivity index (χ0n) is 17.6. The largest absolute Gasteiger partial charge is 0.451 e. The minimum Gasteiger partial charge on any atom is -0.451 e. The summed E-state index contributed by atoms with van der Waals surface area (Å²) in [5, 5.41) is 10.3. The Morgan fingerprint density at radius 1 is 1.00 bits per heavy atom. The van der Waals surface area contributed by atoms with Crippen LogP contribution in [0.5, 0.6) is 0 Å². The molecule has 1 heterocycles. The van der Waals surface area contributed by atoms with Gasteiger partial charge in [-0.15, -0.1) is 0 Å². The van der Waals surface area contributed by atoms with E-state index in [4.69, 9.17) is 9.47 Å². The van der Waals surface area contributed by atoms with Crippen LogP contribution in [0.2, 0.25) is 0 Å². The summed E-state index contributed by atoms with van der Waals surface area (Å²) < 4.78 is 12.2.